The zero-order chi connectivity index (χ0) is 15.1. The summed E-state index contributed by atoms with van der Waals surface area (Å²) >= 11 is 0. The minimum atomic E-state index is -3.53. The van der Waals surface area contributed by atoms with Crippen LogP contribution in [0.25, 0.3) is 0 Å². The Balaban J connectivity index is 1.74. The molecule has 2 rings (SSSR count). The first-order chi connectivity index (χ1) is 10.1. The summed E-state index contributed by atoms with van der Waals surface area (Å²) in [7, 11) is -3.53. The van der Waals surface area contributed by atoms with Crippen molar-refractivity contribution >= 4 is 15.9 Å². The number of amides is 1. The molecule has 0 bridgehead atoms. The molecule has 1 aromatic rings. The molecular weight excluding hydrogens is 290 g/mol. The fourth-order valence-corrected chi connectivity index (χ4v) is 3.31. The van der Waals surface area contributed by atoms with Crippen LogP contribution < -0.4 is 15.4 Å². The highest BCUT2D eigenvalue weighted by molar-refractivity contribution is 7.89. The van der Waals surface area contributed by atoms with Crippen LogP contribution in [0.5, 0.6) is 0 Å². The first kappa shape index (κ1) is 15.9. The topological polar surface area (TPSA) is 87.3 Å². The molecule has 1 fully saturated rings. The van der Waals surface area contributed by atoms with Crippen molar-refractivity contribution in [2.75, 3.05) is 19.6 Å². The number of rotatable bonds is 6. The number of piperidine rings is 1. The monoisotopic (exact) mass is 311 g/mol. The Labute approximate surface area is 125 Å². The molecule has 0 unspecified atom stereocenters. The van der Waals surface area contributed by atoms with Gasteiger partial charge in [-0.1, -0.05) is 18.2 Å². The van der Waals surface area contributed by atoms with E-state index in [0.29, 0.717) is 0 Å². The minimum absolute atomic E-state index is 0.100. The van der Waals surface area contributed by atoms with Crippen LogP contribution in [0.2, 0.25) is 0 Å². The van der Waals surface area contributed by atoms with Crippen LogP contribution in [0.4, 0.5) is 0 Å². The molecule has 0 saturated carbocycles. The Morgan fingerprint density at radius 1 is 1.29 bits per heavy atom. The third-order valence-electron chi connectivity index (χ3n) is 3.36. The minimum Gasteiger partial charge on any atom is -0.352 e. The van der Waals surface area contributed by atoms with Crippen molar-refractivity contribution in [1.29, 1.82) is 0 Å². The zero-order valence-corrected chi connectivity index (χ0v) is 12.7. The standard InChI is InChI=1S/C14H21N3O3S/c18-14(17-12-5-4-9-15-11-12)8-10-16-21(19,20)13-6-2-1-3-7-13/h1-3,6-7,12,15-16H,4-5,8-11H2,(H,17,18)/t12-/m0/s1. The average molecular weight is 311 g/mol. The largest absolute Gasteiger partial charge is 0.352 e. The summed E-state index contributed by atoms with van der Waals surface area (Å²) < 4.78 is 26.3. The van der Waals surface area contributed by atoms with Gasteiger partial charge in [0, 0.05) is 25.6 Å². The Morgan fingerprint density at radius 3 is 2.71 bits per heavy atom. The maximum atomic E-state index is 12.0. The number of nitrogens with one attached hydrogen (secondary N) is 3. The Hall–Kier alpha value is -1.44. The summed E-state index contributed by atoms with van der Waals surface area (Å²) in [5.74, 6) is -0.125. The predicted molar refractivity (Wildman–Crippen MR) is 80.3 cm³/mol. The Kier molecular flexibility index (Phi) is 5.72. The molecule has 1 amide bonds. The number of sulfonamides is 1. The summed E-state index contributed by atoms with van der Waals surface area (Å²) in [5.41, 5.74) is 0. The van der Waals surface area contributed by atoms with Gasteiger partial charge in [-0.2, -0.15) is 0 Å². The molecule has 1 aromatic carbocycles. The van der Waals surface area contributed by atoms with E-state index in [9.17, 15) is 13.2 Å². The molecule has 6 nitrogen and oxygen atoms in total. The maximum absolute atomic E-state index is 12.0. The van der Waals surface area contributed by atoms with E-state index in [-0.39, 0.29) is 29.8 Å². The molecule has 1 aliphatic heterocycles. The lowest BCUT2D eigenvalue weighted by atomic mass is 10.1. The van der Waals surface area contributed by atoms with Crippen LogP contribution in [0.1, 0.15) is 19.3 Å². The molecule has 0 aliphatic carbocycles. The normalized spacial score (nSPS) is 19.1. The van der Waals surface area contributed by atoms with Crippen LogP contribution in [-0.2, 0) is 14.8 Å². The number of benzene rings is 1. The molecule has 1 atom stereocenters. The highest BCUT2D eigenvalue weighted by Gasteiger charge is 2.16. The van der Waals surface area contributed by atoms with Gasteiger partial charge < -0.3 is 10.6 Å². The van der Waals surface area contributed by atoms with Gasteiger partial charge in [-0.3, -0.25) is 4.79 Å². The van der Waals surface area contributed by atoms with Crippen LogP contribution in [0.3, 0.4) is 0 Å². The SMILES string of the molecule is O=C(CCNS(=O)(=O)c1ccccc1)N[C@H]1CCCNC1. The lowest BCUT2D eigenvalue weighted by Crippen LogP contribution is -2.46. The number of hydrogen-bond acceptors (Lipinski definition) is 4. The van der Waals surface area contributed by atoms with Crippen molar-refractivity contribution < 1.29 is 13.2 Å². The second-order valence-corrected chi connectivity index (χ2v) is 6.84. The first-order valence-electron chi connectivity index (χ1n) is 7.13. The summed E-state index contributed by atoms with van der Waals surface area (Å²) in [6.45, 7) is 1.87. The highest BCUT2D eigenvalue weighted by atomic mass is 32.2. The lowest BCUT2D eigenvalue weighted by Gasteiger charge is -2.23. The van der Waals surface area contributed by atoms with E-state index in [2.05, 4.69) is 15.4 Å². The van der Waals surface area contributed by atoms with Gasteiger partial charge in [-0.05, 0) is 31.5 Å². The fraction of sp³-hybridized carbons (Fsp3) is 0.500. The van der Waals surface area contributed by atoms with E-state index in [1.807, 2.05) is 0 Å². The number of hydrogen-bond donors (Lipinski definition) is 3. The van der Waals surface area contributed by atoms with Gasteiger partial charge in [-0.25, -0.2) is 13.1 Å². The molecule has 116 valence electrons. The lowest BCUT2D eigenvalue weighted by molar-refractivity contribution is -0.121. The van der Waals surface area contributed by atoms with Crippen LogP contribution in [0, 0.1) is 0 Å². The molecule has 21 heavy (non-hydrogen) atoms. The fourth-order valence-electron chi connectivity index (χ4n) is 2.26. The van der Waals surface area contributed by atoms with E-state index in [1.54, 1.807) is 18.2 Å². The molecule has 0 radical (unpaired) electrons. The van der Waals surface area contributed by atoms with E-state index >= 15 is 0 Å². The van der Waals surface area contributed by atoms with Crippen molar-refractivity contribution in [3.8, 4) is 0 Å². The summed E-state index contributed by atoms with van der Waals surface area (Å²) in [6.07, 6.45) is 2.16. The second kappa shape index (κ2) is 7.53. The van der Waals surface area contributed by atoms with E-state index in [4.69, 9.17) is 0 Å². The third-order valence-corrected chi connectivity index (χ3v) is 4.84. The van der Waals surface area contributed by atoms with Gasteiger partial charge in [-0.15, -0.1) is 0 Å². The van der Waals surface area contributed by atoms with Crippen molar-refractivity contribution in [3.63, 3.8) is 0 Å². The predicted octanol–water partition coefficient (Wildman–Crippen LogP) is 0.223. The molecule has 1 heterocycles. The molecule has 3 N–H and O–H groups in total. The van der Waals surface area contributed by atoms with Crippen molar-refractivity contribution in [2.45, 2.75) is 30.2 Å². The molecule has 1 aliphatic rings. The smallest absolute Gasteiger partial charge is 0.240 e. The van der Waals surface area contributed by atoms with Crippen LogP contribution in [-0.4, -0.2) is 40.0 Å². The van der Waals surface area contributed by atoms with Crippen molar-refractivity contribution in [3.05, 3.63) is 30.3 Å². The third kappa shape index (κ3) is 5.11. The average Bonchev–Trinajstić information content (AvgIpc) is 2.49. The van der Waals surface area contributed by atoms with Gasteiger partial charge in [0.2, 0.25) is 15.9 Å². The quantitative estimate of drug-likeness (QED) is 0.701. The number of carbonyl (C=O) groups is 1. The summed E-state index contributed by atoms with van der Waals surface area (Å²) in [4.78, 5) is 12.0. The van der Waals surface area contributed by atoms with Crippen molar-refractivity contribution in [1.82, 2.24) is 15.4 Å². The first-order valence-corrected chi connectivity index (χ1v) is 8.61. The van der Waals surface area contributed by atoms with Gasteiger partial charge in [0.05, 0.1) is 4.90 Å². The molecule has 0 aromatic heterocycles. The van der Waals surface area contributed by atoms with Gasteiger partial charge in [0.25, 0.3) is 0 Å². The van der Waals surface area contributed by atoms with E-state index in [0.717, 1.165) is 25.9 Å². The zero-order valence-electron chi connectivity index (χ0n) is 11.8. The van der Waals surface area contributed by atoms with Gasteiger partial charge >= 0.3 is 0 Å². The highest BCUT2D eigenvalue weighted by Crippen LogP contribution is 2.07. The van der Waals surface area contributed by atoms with Crippen LogP contribution >= 0.6 is 0 Å². The van der Waals surface area contributed by atoms with Crippen molar-refractivity contribution in [2.24, 2.45) is 0 Å². The number of carbonyl (C=O) groups excluding carboxylic acids is 1. The maximum Gasteiger partial charge on any atom is 0.240 e. The van der Waals surface area contributed by atoms with Crippen LogP contribution in [0.15, 0.2) is 35.2 Å². The van der Waals surface area contributed by atoms with Gasteiger partial charge in [0.1, 0.15) is 0 Å². The van der Waals surface area contributed by atoms with Gasteiger partial charge in [0.15, 0.2) is 0 Å². The molecule has 7 heteroatoms. The summed E-state index contributed by atoms with van der Waals surface area (Å²) in [6, 6.07) is 8.28. The molecule has 1 saturated heterocycles. The molecule has 0 spiro atoms. The Morgan fingerprint density at radius 2 is 2.05 bits per heavy atom. The van der Waals surface area contributed by atoms with E-state index in [1.165, 1.54) is 12.1 Å². The molecular formula is C14H21N3O3S. The van der Waals surface area contributed by atoms with E-state index < -0.39 is 10.0 Å². The Bertz CT molecular complexity index is 554. The summed E-state index contributed by atoms with van der Waals surface area (Å²) in [5, 5.41) is 6.12. The second-order valence-electron chi connectivity index (χ2n) is 5.07.